The SMILES string of the molecule is Cn1ncnc1CC(=O)Cc1c(F)cccc1F. The molecule has 0 saturated carbocycles. The summed E-state index contributed by atoms with van der Waals surface area (Å²) < 4.78 is 28.1. The van der Waals surface area contributed by atoms with E-state index in [9.17, 15) is 13.6 Å². The first-order valence-corrected chi connectivity index (χ1v) is 5.35. The summed E-state index contributed by atoms with van der Waals surface area (Å²) in [4.78, 5) is 15.6. The first-order valence-electron chi connectivity index (χ1n) is 5.35. The van der Waals surface area contributed by atoms with E-state index in [1.807, 2.05) is 0 Å². The number of carbonyl (C=O) groups is 1. The number of hydrogen-bond donors (Lipinski definition) is 0. The van der Waals surface area contributed by atoms with Gasteiger partial charge in [-0.25, -0.2) is 13.8 Å². The van der Waals surface area contributed by atoms with Crippen molar-refractivity contribution in [1.82, 2.24) is 14.8 Å². The molecule has 6 heteroatoms. The van der Waals surface area contributed by atoms with Crippen LogP contribution >= 0.6 is 0 Å². The largest absolute Gasteiger partial charge is 0.299 e. The Morgan fingerprint density at radius 1 is 1.28 bits per heavy atom. The Bertz CT molecular complexity index is 560. The normalized spacial score (nSPS) is 10.6. The lowest BCUT2D eigenvalue weighted by atomic mass is 10.1. The highest BCUT2D eigenvalue weighted by Crippen LogP contribution is 2.13. The predicted octanol–water partition coefficient (Wildman–Crippen LogP) is 1.45. The quantitative estimate of drug-likeness (QED) is 0.826. The predicted molar refractivity (Wildman–Crippen MR) is 59.8 cm³/mol. The topological polar surface area (TPSA) is 47.8 Å². The molecule has 2 aromatic rings. The molecule has 0 aliphatic carbocycles. The van der Waals surface area contributed by atoms with Crippen LogP contribution in [0.25, 0.3) is 0 Å². The van der Waals surface area contributed by atoms with Gasteiger partial charge in [0, 0.05) is 19.0 Å². The van der Waals surface area contributed by atoms with E-state index in [4.69, 9.17) is 0 Å². The minimum atomic E-state index is -0.707. The van der Waals surface area contributed by atoms with Gasteiger partial charge in [-0.15, -0.1) is 0 Å². The fourth-order valence-electron chi connectivity index (χ4n) is 1.62. The van der Waals surface area contributed by atoms with Crippen molar-refractivity contribution in [3.63, 3.8) is 0 Å². The van der Waals surface area contributed by atoms with Crippen LogP contribution < -0.4 is 0 Å². The van der Waals surface area contributed by atoms with Crippen molar-refractivity contribution in [2.45, 2.75) is 12.8 Å². The van der Waals surface area contributed by atoms with E-state index in [1.165, 1.54) is 17.1 Å². The minimum absolute atomic E-state index is 0.00424. The summed E-state index contributed by atoms with van der Waals surface area (Å²) in [6.07, 6.45) is 1.04. The molecule has 2 rings (SSSR count). The van der Waals surface area contributed by atoms with E-state index >= 15 is 0 Å². The smallest absolute Gasteiger partial charge is 0.145 e. The average molecular weight is 251 g/mol. The zero-order valence-electron chi connectivity index (χ0n) is 9.73. The van der Waals surface area contributed by atoms with Crippen LogP contribution in [-0.4, -0.2) is 20.5 Å². The van der Waals surface area contributed by atoms with Gasteiger partial charge in [0.1, 0.15) is 29.6 Å². The molecule has 4 nitrogen and oxygen atoms in total. The molecule has 0 unspecified atom stereocenters. The molecule has 0 bridgehead atoms. The molecular weight excluding hydrogens is 240 g/mol. The molecule has 1 aromatic carbocycles. The summed E-state index contributed by atoms with van der Waals surface area (Å²) in [6, 6.07) is 3.53. The Morgan fingerprint density at radius 2 is 1.94 bits per heavy atom. The number of rotatable bonds is 4. The Labute approximate surface area is 102 Å². The highest BCUT2D eigenvalue weighted by atomic mass is 19.1. The molecule has 0 radical (unpaired) electrons. The number of ketones is 1. The highest BCUT2D eigenvalue weighted by Gasteiger charge is 2.15. The summed E-state index contributed by atoms with van der Waals surface area (Å²) in [5, 5.41) is 3.82. The summed E-state index contributed by atoms with van der Waals surface area (Å²) in [5.41, 5.74) is -0.204. The molecule has 0 fully saturated rings. The minimum Gasteiger partial charge on any atom is -0.299 e. The van der Waals surface area contributed by atoms with Gasteiger partial charge in [-0.3, -0.25) is 9.48 Å². The van der Waals surface area contributed by atoms with E-state index in [2.05, 4.69) is 10.1 Å². The third kappa shape index (κ3) is 2.58. The van der Waals surface area contributed by atoms with E-state index in [0.29, 0.717) is 5.82 Å². The Morgan fingerprint density at radius 3 is 2.50 bits per heavy atom. The van der Waals surface area contributed by atoms with Crippen LogP contribution in [0.15, 0.2) is 24.5 Å². The Kier molecular flexibility index (Phi) is 3.45. The van der Waals surface area contributed by atoms with E-state index in [0.717, 1.165) is 12.1 Å². The van der Waals surface area contributed by atoms with Gasteiger partial charge in [0.15, 0.2) is 0 Å². The number of Topliss-reactive ketones (excluding diaryl/α,β-unsaturated/α-hetero) is 1. The molecule has 0 aliphatic heterocycles. The molecule has 0 amide bonds. The molecule has 0 spiro atoms. The number of aromatic nitrogens is 3. The molecule has 0 saturated heterocycles. The van der Waals surface area contributed by atoms with Crippen LogP contribution in [0.3, 0.4) is 0 Å². The van der Waals surface area contributed by atoms with Crippen LogP contribution in [0.5, 0.6) is 0 Å². The molecule has 18 heavy (non-hydrogen) atoms. The number of benzene rings is 1. The molecule has 1 aromatic heterocycles. The fraction of sp³-hybridized carbons (Fsp3) is 0.250. The fourth-order valence-corrected chi connectivity index (χ4v) is 1.62. The first-order chi connectivity index (χ1) is 8.58. The number of nitrogens with zero attached hydrogens (tertiary/aromatic N) is 3. The van der Waals surface area contributed by atoms with Gasteiger partial charge in [-0.2, -0.15) is 5.10 Å². The molecular formula is C12H11F2N3O. The third-order valence-electron chi connectivity index (χ3n) is 2.60. The Balaban J connectivity index is 2.10. The maximum Gasteiger partial charge on any atom is 0.145 e. The van der Waals surface area contributed by atoms with Crippen LogP contribution in [0, 0.1) is 11.6 Å². The Hall–Kier alpha value is -2.11. The van der Waals surface area contributed by atoms with Gasteiger partial charge >= 0.3 is 0 Å². The van der Waals surface area contributed by atoms with Gasteiger partial charge in [0.05, 0.1) is 6.42 Å². The molecule has 0 aliphatic rings. The van der Waals surface area contributed by atoms with Crippen molar-refractivity contribution in [2.24, 2.45) is 7.05 Å². The molecule has 1 heterocycles. The van der Waals surface area contributed by atoms with Crippen LogP contribution in [0.1, 0.15) is 11.4 Å². The maximum absolute atomic E-state index is 13.3. The zero-order chi connectivity index (χ0) is 13.1. The van der Waals surface area contributed by atoms with Gasteiger partial charge in [-0.05, 0) is 12.1 Å². The van der Waals surface area contributed by atoms with Gasteiger partial charge in [-0.1, -0.05) is 6.07 Å². The number of carbonyl (C=O) groups excluding carboxylic acids is 1. The second kappa shape index (κ2) is 5.03. The highest BCUT2D eigenvalue weighted by molar-refractivity contribution is 5.82. The summed E-state index contributed by atoms with van der Waals surface area (Å²) >= 11 is 0. The van der Waals surface area contributed by atoms with E-state index in [-0.39, 0.29) is 24.2 Å². The number of hydrogen-bond acceptors (Lipinski definition) is 3. The average Bonchev–Trinajstić information content (AvgIpc) is 2.70. The second-order valence-electron chi connectivity index (χ2n) is 3.89. The number of aryl methyl sites for hydroxylation is 1. The zero-order valence-corrected chi connectivity index (χ0v) is 9.73. The summed E-state index contributed by atoms with van der Waals surface area (Å²) in [7, 11) is 1.65. The standard InChI is InChI=1S/C12H11F2N3O/c1-17-12(15-7-16-17)6-8(18)5-9-10(13)3-2-4-11(9)14/h2-4,7H,5-6H2,1H3. The van der Waals surface area contributed by atoms with Gasteiger partial charge in [0.25, 0.3) is 0 Å². The van der Waals surface area contributed by atoms with Crippen molar-refractivity contribution < 1.29 is 13.6 Å². The monoisotopic (exact) mass is 251 g/mol. The molecule has 0 atom stereocenters. The first kappa shape index (κ1) is 12.3. The molecule has 0 N–H and O–H groups in total. The summed E-state index contributed by atoms with van der Waals surface area (Å²) in [5.74, 6) is -1.26. The van der Waals surface area contributed by atoms with Gasteiger partial charge < -0.3 is 0 Å². The van der Waals surface area contributed by atoms with Crippen molar-refractivity contribution >= 4 is 5.78 Å². The lowest BCUT2D eigenvalue weighted by molar-refractivity contribution is -0.118. The van der Waals surface area contributed by atoms with E-state index < -0.39 is 11.6 Å². The summed E-state index contributed by atoms with van der Waals surface area (Å²) in [6.45, 7) is 0. The van der Waals surface area contributed by atoms with Crippen molar-refractivity contribution in [3.05, 3.63) is 47.5 Å². The second-order valence-corrected chi connectivity index (χ2v) is 3.89. The third-order valence-corrected chi connectivity index (χ3v) is 2.60. The van der Waals surface area contributed by atoms with E-state index in [1.54, 1.807) is 7.05 Å². The van der Waals surface area contributed by atoms with Crippen LogP contribution in [0.4, 0.5) is 8.78 Å². The molecule has 94 valence electrons. The van der Waals surface area contributed by atoms with Gasteiger partial charge in [0.2, 0.25) is 0 Å². The lowest BCUT2D eigenvalue weighted by Crippen LogP contribution is -2.13. The van der Waals surface area contributed by atoms with Crippen molar-refractivity contribution in [2.75, 3.05) is 0 Å². The van der Waals surface area contributed by atoms with Crippen LogP contribution in [0.2, 0.25) is 0 Å². The lowest BCUT2D eigenvalue weighted by Gasteiger charge is -2.04. The van der Waals surface area contributed by atoms with Crippen molar-refractivity contribution in [3.8, 4) is 0 Å². The number of halogens is 2. The van der Waals surface area contributed by atoms with Crippen molar-refractivity contribution in [1.29, 1.82) is 0 Å². The van der Waals surface area contributed by atoms with Crippen LogP contribution in [-0.2, 0) is 24.7 Å². The maximum atomic E-state index is 13.3.